The molecule has 0 radical (unpaired) electrons. The molecule has 2 N–H and O–H groups in total. The standard InChI is InChI=1S/C11H15ClFN3O2S/c1-15-2-4-16(5-3-15)19(17,18)10-7-8(14)6-9(12)11(10)13/h6-7H,2-5,14H2,1H3. The van der Waals surface area contributed by atoms with Crippen LogP contribution in [0.15, 0.2) is 17.0 Å². The van der Waals surface area contributed by atoms with Gasteiger partial charge in [0.2, 0.25) is 10.0 Å². The average Bonchev–Trinajstić information content (AvgIpc) is 2.34. The smallest absolute Gasteiger partial charge is 0.246 e. The number of hydrogen-bond donors (Lipinski definition) is 1. The van der Waals surface area contributed by atoms with Crippen LogP contribution in [0.2, 0.25) is 5.02 Å². The van der Waals surface area contributed by atoms with E-state index in [1.165, 1.54) is 10.4 Å². The van der Waals surface area contributed by atoms with Crippen molar-refractivity contribution in [2.24, 2.45) is 0 Å². The Labute approximate surface area is 116 Å². The van der Waals surface area contributed by atoms with Crippen molar-refractivity contribution in [3.63, 3.8) is 0 Å². The van der Waals surface area contributed by atoms with Crippen molar-refractivity contribution in [1.29, 1.82) is 0 Å². The predicted octanol–water partition coefficient (Wildman–Crippen LogP) is 0.997. The highest BCUT2D eigenvalue weighted by Crippen LogP contribution is 2.28. The Kier molecular flexibility index (Phi) is 4.00. The highest BCUT2D eigenvalue weighted by atomic mass is 35.5. The molecule has 1 aromatic carbocycles. The molecule has 1 heterocycles. The van der Waals surface area contributed by atoms with Gasteiger partial charge in [0.15, 0.2) is 5.82 Å². The summed E-state index contributed by atoms with van der Waals surface area (Å²) in [5, 5.41) is -0.285. The minimum Gasteiger partial charge on any atom is -0.399 e. The molecule has 19 heavy (non-hydrogen) atoms. The highest BCUT2D eigenvalue weighted by molar-refractivity contribution is 7.89. The first-order valence-corrected chi connectivity index (χ1v) is 7.57. The maximum Gasteiger partial charge on any atom is 0.246 e. The monoisotopic (exact) mass is 307 g/mol. The Balaban J connectivity index is 2.40. The lowest BCUT2D eigenvalue weighted by molar-refractivity contribution is 0.222. The van der Waals surface area contributed by atoms with Gasteiger partial charge in [0.25, 0.3) is 0 Å². The molecule has 106 valence electrons. The summed E-state index contributed by atoms with van der Waals surface area (Å²) in [6.07, 6.45) is 0. The van der Waals surface area contributed by atoms with E-state index in [4.69, 9.17) is 17.3 Å². The third-order valence-electron chi connectivity index (χ3n) is 3.10. The fourth-order valence-electron chi connectivity index (χ4n) is 1.94. The number of hydrogen-bond acceptors (Lipinski definition) is 4. The van der Waals surface area contributed by atoms with Crippen LogP contribution in [-0.2, 0) is 10.0 Å². The first-order valence-electron chi connectivity index (χ1n) is 5.75. The Morgan fingerprint density at radius 1 is 1.26 bits per heavy atom. The van der Waals surface area contributed by atoms with E-state index in [0.717, 1.165) is 6.07 Å². The molecule has 1 aliphatic rings. The number of likely N-dealkylation sites (N-methyl/N-ethyl adjacent to an activating group) is 1. The molecular formula is C11H15ClFN3O2S. The van der Waals surface area contributed by atoms with Crippen molar-refractivity contribution in [1.82, 2.24) is 9.21 Å². The summed E-state index contributed by atoms with van der Waals surface area (Å²) in [5.41, 5.74) is 5.66. The topological polar surface area (TPSA) is 66.6 Å². The van der Waals surface area contributed by atoms with Gasteiger partial charge in [-0.2, -0.15) is 4.31 Å². The molecule has 0 atom stereocenters. The average molecular weight is 308 g/mol. The van der Waals surface area contributed by atoms with Gasteiger partial charge in [-0.3, -0.25) is 0 Å². The summed E-state index contributed by atoms with van der Waals surface area (Å²) in [6, 6.07) is 2.30. The van der Waals surface area contributed by atoms with Crippen LogP contribution >= 0.6 is 11.6 Å². The molecule has 0 bridgehead atoms. The van der Waals surface area contributed by atoms with Crippen molar-refractivity contribution in [3.8, 4) is 0 Å². The van der Waals surface area contributed by atoms with E-state index in [0.29, 0.717) is 26.2 Å². The maximum absolute atomic E-state index is 13.9. The highest BCUT2D eigenvalue weighted by Gasteiger charge is 2.30. The number of halogens is 2. The number of rotatable bonds is 2. The molecule has 0 saturated carbocycles. The van der Waals surface area contributed by atoms with Crippen LogP contribution in [0.1, 0.15) is 0 Å². The molecule has 5 nitrogen and oxygen atoms in total. The van der Waals surface area contributed by atoms with Crippen LogP contribution in [0.25, 0.3) is 0 Å². The summed E-state index contributed by atoms with van der Waals surface area (Å²) >= 11 is 5.64. The van der Waals surface area contributed by atoms with Gasteiger partial charge in [-0.15, -0.1) is 0 Å². The Bertz CT molecular complexity index is 586. The summed E-state index contributed by atoms with van der Waals surface area (Å²) in [7, 11) is -1.99. The van der Waals surface area contributed by atoms with Crippen molar-refractivity contribution >= 4 is 27.3 Å². The number of anilines is 1. The molecule has 0 spiro atoms. The van der Waals surface area contributed by atoms with Crippen LogP contribution < -0.4 is 5.73 Å². The lowest BCUT2D eigenvalue weighted by atomic mass is 10.3. The summed E-state index contributed by atoms with van der Waals surface area (Å²) in [4.78, 5) is 1.55. The number of nitrogens with zero attached hydrogens (tertiary/aromatic N) is 2. The molecule has 0 aromatic heterocycles. The Morgan fingerprint density at radius 2 is 1.84 bits per heavy atom. The lowest BCUT2D eigenvalue weighted by Gasteiger charge is -2.31. The quantitative estimate of drug-likeness (QED) is 0.828. The van der Waals surface area contributed by atoms with E-state index in [-0.39, 0.29) is 10.7 Å². The van der Waals surface area contributed by atoms with Crippen molar-refractivity contribution < 1.29 is 12.8 Å². The van der Waals surface area contributed by atoms with E-state index in [1.54, 1.807) is 0 Å². The van der Waals surface area contributed by atoms with Crippen LogP contribution in [0.3, 0.4) is 0 Å². The zero-order valence-electron chi connectivity index (χ0n) is 10.4. The molecule has 2 rings (SSSR count). The van der Waals surface area contributed by atoms with Crippen molar-refractivity contribution in [2.45, 2.75) is 4.90 Å². The summed E-state index contributed by atoms with van der Waals surface area (Å²) in [5.74, 6) is -0.949. The molecule has 0 unspecified atom stereocenters. The molecule has 1 saturated heterocycles. The molecule has 1 aliphatic heterocycles. The number of nitrogen functional groups attached to an aromatic ring is 1. The largest absolute Gasteiger partial charge is 0.399 e. The normalized spacial score (nSPS) is 18.7. The first kappa shape index (κ1) is 14.5. The molecule has 0 aliphatic carbocycles. The third-order valence-corrected chi connectivity index (χ3v) is 5.27. The van der Waals surface area contributed by atoms with Gasteiger partial charge in [-0.1, -0.05) is 11.6 Å². The molecular weight excluding hydrogens is 293 g/mol. The molecule has 0 amide bonds. The Morgan fingerprint density at radius 3 is 2.42 bits per heavy atom. The van der Waals surface area contributed by atoms with Gasteiger partial charge < -0.3 is 10.6 Å². The molecule has 1 aromatic rings. The third kappa shape index (κ3) is 2.84. The maximum atomic E-state index is 13.9. The lowest BCUT2D eigenvalue weighted by Crippen LogP contribution is -2.47. The fraction of sp³-hybridized carbons (Fsp3) is 0.455. The minimum atomic E-state index is -3.89. The number of nitrogens with two attached hydrogens (primary N) is 1. The van der Waals surface area contributed by atoms with E-state index in [2.05, 4.69) is 0 Å². The van der Waals surface area contributed by atoms with E-state index >= 15 is 0 Å². The minimum absolute atomic E-state index is 0.124. The zero-order valence-corrected chi connectivity index (χ0v) is 12.0. The number of sulfonamides is 1. The van der Waals surface area contributed by atoms with Gasteiger partial charge in [-0.25, -0.2) is 12.8 Å². The van der Waals surface area contributed by atoms with Gasteiger partial charge in [0.05, 0.1) is 5.02 Å². The van der Waals surface area contributed by atoms with Crippen LogP contribution in [-0.4, -0.2) is 50.8 Å². The van der Waals surface area contributed by atoms with Crippen LogP contribution in [0, 0.1) is 5.82 Å². The fourth-order valence-corrected chi connectivity index (χ4v) is 3.77. The molecule has 8 heteroatoms. The Hall–Kier alpha value is -0.890. The van der Waals surface area contributed by atoms with Crippen LogP contribution in [0.5, 0.6) is 0 Å². The first-order chi connectivity index (χ1) is 8.82. The van der Waals surface area contributed by atoms with Crippen LogP contribution in [0.4, 0.5) is 10.1 Å². The zero-order chi connectivity index (χ0) is 14.2. The van der Waals surface area contributed by atoms with Crippen molar-refractivity contribution in [3.05, 3.63) is 23.0 Å². The summed E-state index contributed by atoms with van der Waals surface area (Å²) in [6.45, 7) is 1.86. The van der Waals surface area contributed by atoms with Gasteiger partial charge >= 0.3 is 0 Å². The SMILES string of the molecule is CN1CCN(S(=O)(=O)c2cc(N)cc(Cl)c2F)CC1. The second-order valence-electron chi connectivity index (χ2n) is 4.52. The van der Waals surface area contributed by atoms with Gasteiger partial charge in [0, 0.05) is 31.9 Å². The second-order valence-corrected chi connectivity index (χ2v) is 6.84. The van der Waals surface area contributed by atoms with E-state index in [1.807, 2.05) is 11.9 Å². The summed E-state index contributed by atoms with van der Waals surface area (Å²) < 4.78 is 39.9. The van der Waals surface area contributed by atoms with E-state index < -0.39 is 20.7 Å². The molecule has 1 fully saturated rings. The van der Waals surface area contributed by atoms with Gasteiger partial charge in [-0.05, 0) is 19.2 Å². The van der Waals surface area contributed by atoms with Crippen molar-refractivity contribution in [2.75, 3.05) is 39.0 Å². The number of piperazine rings is 1. The predicted molar refractivity (Wildman–Crippen MR) is 72.1 cm³/mol. The number of benzene rings is 1. The van der Waals surface area contributed by atoms with Gasteiger partial charge in [0.1, 0.15) is 4.90 Å². The second kappa shape index (κ2) is 5.24. The van der Waals surface area contributed by atoms with E-state index in [9.17, 15) is 12.8 Å².